The fourth-order valence-corrected chi connectivity index (χ4v) is 5.76. The fraction of sp³-hybridized carbons (Fsp3) is 0.348. The second-order valence-corrected chi connectivity index (χ2v) is 10.3. The molecule has 1 aromatic heterocycles. The van der Waals surface area contributed by atoms with Gasteiger partial charge in [-0.1, -0.05) is 54.2 Å². The van der Waals surface area contributed by atoms with Crippen molar-refractivity contribution in [1.82, 2.24) is 14.9 Å². The maximum atomic E-state index is 14.9. The highest BCUT2D eigenvalue weighted by Gasteiger charge is 2.28. The lowest BCUT2D eigenvalue weighted by molar-refractivity contribution is -0.138. The number of carboxylic acid groups (broad SMARTS) is 1. The van der Waals surface area contributed by atoms with Crippen LogP contribution in [0.25, 0.3) is 11.4 Å². The molecular weight excluding hydrogens is 485 g/mol. The fourth-order valence-electron chi connectivity index (χ4n) is 4.06. The van der Waals surface area contributed by atoms with Gasteiger partial charge in [0.15, 0.2) is 0 Å². The molecule has 0 amide bonds. The van der Waals surface area contributed by atoms with Gasteiger partial charge in [-0.3, -0.25) is 4.79 Å². The summed E-state index contributed by atoms with van der Waals surface area (Å²) in [5.41, 5.74) is 0.407. The summed E-state index contributed by atoms with van der Waals surface area (Å²) < 4.78 is 47.6. The van der Waals surface area contributed by atoms with Crippen LogP contribution in [-0.4, -0.2) is 35.7 Å². The van der Waals surface area contributed by atoms with Crippen LogP contribution in [0, 0.1) is 5.82 Å². The van der Waals surface area contributed by atoms with Crippen LogP contribution in [0.5, 0.6) is 0 Å². The lowest BCUT2D eigenvalue weighted by Gasteiger charge is -2.17. The van der Waals surface area contributed by atoms with Crippen LogP contribution in [0.3, 0.4) is 0 Å². The van der Waals surface area contributed by atoms with Crippen molar-refractivity contribution in [3.63, 3.8) is 0 Å². The Balaban J connectivity index is 1.51. The molecule has 8 nitrogen and oxygen atoms in total. The number of carbonyl (C=O) groups is 1. The Hall–Kier alpha value is -2.82. The Morgan fingerprint density at radius 1 is 1.21 bits per heavy atom. The third-order valence-electron chi connectivity index (χ3n) is 5.83. The van der Waals surface area contributed by atoms with E-state index in [-0.39, 0.29) is 39.2 Å². The van der Waals surface area contributed by atoms with Crippen LogP contribution in [0.4, 0.5) is 4.39 Å². The van der Waals surface area contributed by atoms with Crippen LogP contribution in [0.15, 0.2) is 51.9 Å². The lowest BCUT2D eigenvalue weighted by atomic mass is 9.89. The molecule has 0 aliphatic heterocycles. The van der Waals surface area contributed by atoms with E-state index in [2.05, 4.69) is 14.9 Å². The molecule has 2 aromatic carbocycles. The molecule has 1 saturated carbocycles. The summed E-state index contributed by atoms with van der Waals surface area (Å²) >= 11 is 5.94. The molecular formula is C23H23ClFN3O5S. The Kier molecular flexibility index (Phi) is 7.30. The highest BCUT2D eigenvalue weighted by Crippen LogP contribution is 2.33. The van der Waals surface area contributed by atoms with Gasteiger partial charge in [-0.05, 0) is 49.1 Å². The minimum absolute atomic E-state index is 0.0396. The van der Waals surface area contributed by atoms with Crippen molar-refractivity contribution >= 4 is 27.6 Å². The number of hydrogen-bond donors (Lipinski definition) is 2. The standard InChI is InChI=1S/C23H23ClFN3O5S/c24-17-8-4-5-9-20(17)34(31,32)28-19(23(29)30)13-14-10-11-16(18(25)12-14)21-26-22(33-27-21)15-6-2-1-3-7-15/h4-5,8-12,15,19,28H,1-3,6-7,13H2,(H,29,30). The Morgan fingerprint density at radius 3 is 2.62 bits per heavy atom. The summed E-state index contributed by atoms with van der Waals surface area (Å²) in [4.78, 5) is 15.9. The molecule has 1 aliphatic carbocycles. The summed E-state index contributed by atoms with van der Waals surface area (Å²) in [6.45, 7) is 0. The predicted octanol–water partition coefficient (Wildman–Crippen LogP) is 4.55. The first-order valence-corrected chi connectivity index (χ1v) is 12.7. The Morgan fingerprint density at radius 2 is 1.94 bits per heavy atom. The van der Waals surface area contributed by atoms with E-state index in [1.807, 2.05) is 0 Å². The van der Waals surface area contributed by atoms with E-state index in [4.69, 9.17) is 16.1 Å². The second kappa shape index (κ2) is 10.2. The first-order chi connectivity index (χ1) is 16.2. The number of benzene rings is 2. The van der Waals surface area contributed by atoms with Gasteiger partial charge in [-0.2, -0.15) is 9.71 Å². The third kappa shape index (κ3) is 5.45. The van der Waals surface area contributed by atoms with Gasteiger partial charge in [-0.15, -0.1) is 0 Å². The molecule has 180 valence electrons. The van der Waals surface area contributed by atoms with E-state index in [1.165, 1.54) is 36.8 Å². The van der Waals surface area contributed by atoms with Gasteiger partial charge in [0.05, 0.1) is 10.6 Å². The average Bonchev–Trinajstić information content (AvgIpc) is 3.29. The molecule has 3 aromatic rings. The van der Waals surface area contributed by atoms with Crippen molar-refractivity contribution < 1.29 is 27.2 Å². The smallest absolute Gasteiger partial charge is 0.322 e. The highest BCUT2D eigenvalue weighted by atomic mass is 35.5. The van der Waals surface area contributed by atoms with Crippen molar-refractivity contribution in [2.45, 2.75) is 55.4 Å². The molecule has 0 spiro atoms. The SMILES string of the molecule is O=C(O)C(Cc1ccc(-c2noc(C3CCCCC3)n2)c(F)c1)NS(=O)(=O)c1ccccc1Cl. The minimum atomic E-state index is -4.21. The van der Waals surface area contributed by atoms with Gasteiger partial charge in [0.25, 0.3) is 0 Å². The number of nitrogens with one attached hydrogen (secondary N) is 1. The second-order valence-electron chi connectivity index (χ2n) is 8.25. The predicted molar refractivity (Wildman–Crippen MR) is 122 cm³/mol. The molecule has 0 bridgehead atoms. The Labute approximate surface area is 201 Å². The van der Waals surface area contributed by atoms with Crippen LogP contribution in [0.2, 0.25) is 5.02 Å². The normalized spacial score (nSPS) is 15.8. The molecule has 1 unspecified atom stereocenters. The number of nitrogens with zero attached hydrogens (tertiary/aromatic N) is 2. The maximum Gasteiger partial charge on any atom is 0.322 e. The lowest BCUT2D eigenvalue weighted by Crippen LogP contribution is -2.42. The molecule has 4 rings (SSSR count). The minimum Gasteiger partial charge on any atom is -0.480 e. The summed E-state index contributed by atoms with van der Waals surface area (Å²) in [6, 6.07) is 8.24. The van der Waals surface area contributed by atoms with Crippen LogP contribution in [0.1, 0.15) is 49.5 Å². The Bertz CT molecular complexity index is 1290. The molecule has 0 radical (unpaired) electrons. The van der Waals surface area contributed by atoms with Crippen molar-refractivity contribution in [3.05, 3.63) is 64.8 Å². The van der Waals surface area contributed by atoms with Gasteiger partial charge < -0.3 is 9.63 Å². The average molecular weight is 508 g/mol. The van der Waals surface area contributed by atoms with E-state index in [0.717, 1.165) is 31.7 Å². The molecule has 11 heteroatoms. The van der Waals surface area contributed by atoms with Crippen LogP contribution >= 0.6 is 11.6 Å². The molecule has 1 atom stereocenters. The zero-order chi connectivity index (χ0) is 24.3. The van der Waals surface area contributed by atoms with E-state index in [0.29, 0.717) is 5.89 Å². The molecule has 2 N–H and O–H groups in total. The monoisotopic (exact) mass is 507 g/mol. The first kappa shape index (κ1) is 24.3. The summed E-state index contributed by atoms with van der Waals surface area (Å²) in [7, 11) is -4.21. The number of hydrogen-bond acceptors (Lipinski definition) is 6. The molecule has 0 saturated heterocycles. The zero-order valence-corrected chi connectivity index (χ0v) is 19.7. The third-order valence-corrected chi connectivity index (χ3v) is 7.80. The van der Waals surface area contributed by atoms with Crippen molar-refractivity contribution in [3.8, 4) is 11.4 Å². The number of aliphatic carboxylic acids is 1. The largest absolute Gasteiger partial charge is 0.480 e. The first-order valence-electron chi connectivity index (χ1n) is 10.9. The van der Waals surface area contributed by atoms with Crippen LogP contribution in [-0.2, 0) is 21.2 Å². The van der Waals surface area contributed by atoms with Crippen molar-refractivity contribution in [2.24, 2.45) is 0 Å². The topological polar surface area (TPSA) is 122 Å². The van der Waals surface area contributed by atoms with Crippen LogP contribution < -0.4 is 4.72 Å². The molecule has 1 fully saturated rings. The highest BCUT2D eigenvalue weighted by molar-refractivity contribution is 7.89. The number of sulfonamides is 1. The number of carboxylic acids is 1. The van der Waals surface area contributed by atoms with Gasteiger partial charge in [0.2, 0.25) is 21.7 Å². The van der Waals surface area contributed by atoms with Crippen molar-refractivity contribution in [1.29, 1.82) is 0 Å². The molecule has 34 heavy (non-hydrogen) atoms. The molecule has 1 heterocycles. The number of rotatable bonds is 8. The van der Waals surface area contributed by atoms with Gasteiger partial charge in [-0.25, -0.2) is 12.8 Å². The molecule has 1 aliphatic rings. The van der Waals surface area contributed by atoms with E-state index in [1.54, 1.807) is 6.07 Å². The number of halogens is 2. The summed E-state index contributed by atoms with van der Waals surface area (Å²) in [5.74, 6) is -1.27. The van der Waals surface area contributed by atoms with Gasteiger partial charge in [0, 0.05) is 5.92 Å². The summed E-state index contributed by atoms with van der Waals surface area (Å²) in [6.07, 6.45) is 5.01. The number of aromatic nitrogens is 2. The van der Waals surface area contributed by atoms with Gasteiger partial charge in [0.1, 0.15) is 16.8 Å². The van der Waals surface area contributed by atoms with E-state index in [9.17, 15) is 22.7 Å². The quantitative estimate of drug-likeness (QED) is 0.458. The summed E-state index contributed by atoms with van der Waals surface area (Å²) in [5, 5.41) is 13.4. The zero-order valence-electron chi connectivity index (χ0n) is 18.1. The van der Waals surface area contributed by atoms with E-state index < -0.39 is 27.9 Å². The van der Waals surface area contributed by atoms with E-state index >= 15 is 0 Å². The maximum absolute atomic E-state index is 14.9. The van der Waals surface area contributed by atoms with Crippen molar-refractivity contribution in [2.75, 3.05) is 0 Å². The van der Waals surface area contributed by atoms with Gasteiger partial charge >= 0.3 is 5.97 Å².